The van der Waals surface area contributed by atoms with Gasteiger partial charge in [-0.15, -0.1) is 0 Å². The number of carbonyl (C=O) groups is 2. The number of nitrogens with zero attached hydrogens (tertiary/aromatic N) is 3. The average molecular weight is 360 g/mol. The van der Waals surface area contributed by atoms with Crippen LogP contribution in [0.2, 0.25) is 0 Å². The van der Waals surface area contributed by atoms with Crippen LogP contribution in [0.15, 0.2) is 29.4 Å². The summed E-state index contributed by atoms with van der Waals surface area (Å²) in [6.07, 6.45) is 3.06. The largest absolute Gasteiger partial charge is 0.480 e. The normalized spacial score (nSPS) is 13.1. The van der Waals surface area contributed by atoms with E-state index in [2.05, 4.69) is 32.9 Å². The third kappa shape index (κ3) is 5.25. The molecule has 2 rings (SSSR count). The van der Waals surface area contributed by atoms with Crippen molar-refractivity contribution in [2.24, 2.45) is 4.99 Å². The van der Waals surface area contributed by atoms with E-state index in [0.29, 0.717) is 11.0 Å². The van der Waals surface area contributed by atoms with E-state index in [0.717, 1.165) is 5.56 Å². The van der Waals surface area contributed by atoms with Crippen molar-refractivity contribution in [3.05, 3.63) is 35.7 Å². The van der Waals surface area contributed by atoms with Crippen LogP contribution in [0.25, 0.3) is 11.0 Å². The predicted octanol–water partition coefficient (Wildman–Crippen LogP) is 1.96. The van der Waals surface area contributed by atoms with Gasteiger partial charge in [0.25, 0.3) is 5.91 Å². The van der Waals surface area contributed by atoms with Crippen LogP contribution in [-0.4, -0.2) is 50.5 Å². The fraction of sp³-hybridized carbons (Fsp3) is 0.353. The molecule has 1 heterocycles. The lowest BCUT2D eigenvalue weighted by Gasteiger charge is -2.12. The number of aliphatic carboxylic acids is 1. The second kappa shape index (κ2) is 7.60. The number of nitrogens with one attached hydrogen (secondary N) is 1. The molecule has 1 aromatic heterocycles. The highest BCUT2D eigenvalue weighted by Crippen LogP contribution is 2.13. The first-order chi connectivity index (χ1) is 11.7. The minimum Gasteiger partial charge on any atom is -0.480 e. The Balaban J connectivity index is 2.29. The molecule has 0 aliphatic heterocycles. The lowest BCUT2D eigenvalue weighted by molar-refractivity contribution is -0.138. The molecule has 0 aliphatic carbocycles. The molecule has 8 heteroatoms. The van der Waals surface area contributed by atoms with Crippen LogP contribution in [0, 0.1) is 0 Å². The third-order valence-corrected chi connectivity index (χ3v) is 3.55. The Morgan fingerprint density at radius 1 is 1.36 bits per heavy atom. The Bertz CT molecular complexity index is 830. The second-order valence-electron chi connectivity index (χ2n) is 6.48. The Labute approximate surface area is 151 Å². The molecule has 1 aromatic carbocycles. The molecule has 0 saturated heterocycles. The summed E-state index contributed by atoms with van der Waals surface area (Å²) >= 11 is 3.91. The van der Waals surface area contributed by atoms with E-state index in [9.17, 15) is 9.59 Å². The van der Waals surface area contributed by atoms with Gasteiger partial charge in [-0.2, -0.15) is 12.6 Å². The first kappa shape index (κ1) is 18.9. The molecule has 7 nitrogen and oxygen atoms in total. The van der Waals surface area contributed by atoms with Gasteiger partial charge in [0.15, 0.2) is 0 Å². The fourth-order valence-corrected chi connectivity index (χ4v) is 2.15. The van der Waals surface area contributed by atoms with Crippen molar-refractivity contribution in [2.45, 2.75) is 32.4 Å². The number of aromatic nitrogens is 2. The van der Waals surface area contributed by atoms with Crippen molar-refractivity contribution in [2.75, 3.05) is 5.75 Å². The molecule has 0 radical (unpaired) electrons. The van der Waals surface area contributed by atoms with Crippen molar-refractivity contribution >= 4 is 41.8 Å². The summed E-state index contributed by atoms with van der Waals surface area (Å²) in [4.78, 5) is 36.1. The van der Waals surface area contributed by atoms with Gasteiger partial charge in [0, 0.05) is 12.0 Å². The zero-order valence-corrected chi connectivity index (χ0v) is 15.1. The van der Waals surface area contributed by atoms with E-state index in [4.69, 9.17) is 5.11 Å². The number of amides is 1. The number of carboxylic acid groups (broad SMARTS) is 1. The third-order valence-electron chi connectivity index (χ3n) is 3.19. The van der Waals surface area contributed by atoms with Crippen molar-refractivity contribution in [3.8, 4) is 0 Å². The topological polar surface area (TPSA) is 105 Å². The van der Waals surface area contributed by atoms with Crippen LogP contribution in [-0.2, 0) is 4.79 Å². The highest BCUT2D eigenvalue weighted by molar-refractivity contribution is 7.80. The number of carboxylic acids is 1. The van der Waals surface area contributed by atoms with Gasteiger partial charge >= 0.3 is 5.97 Å². The number of carbonyl (C=O) groups excluding carboxylic acids is 1. The minimum atomic E-state index is -1.15. The maximum atomic E-state index is 12.2. The molecular weight excluding hydrogens is 340 g/mol. The van der Waals surface area contributed by atoms with E-state index < -0.39 is 17.9 Å². The van der Waals surface area contributed by atoms with E-state index in [1.807, 2.05) is 26.8 Å². The predicted molar refractivity (Wildman–Crippen MR) is 99.6 cm³/mol. The molecule has 1 atom stereocenters. The molecule has 0 bridgehead atoms. The Morgan fingerprint density at radius 3 is 2.68 bits per heavy atom. The van der Waals surface area contributed by atoms with Gasteiger partial charge in [0.1, 0.15) is 11.7 Å². The first-order valence-electron chi connectivity index (χ1n) is 7.66. The van der Waals surface area contributed by atoms with Gasteiger partial charge < -0.3 is 10.4 Å². The average Bonchev–Trinajstić information content (AvgIpc) is 2.55. The maximum Gasteiger partial charge on any atom is 0.327 e. The monoisotopic (exact) mass is 360 g/mol. The number of rotatable bonds is 5. The lowest BCUT2D eigenvalue weighted by atomic mass is 10.1. The zero-order chi connectivity index (χ0) is 18.6. The SMILES string of the molecule is CC(C)(C)/N=C\c1ccc2ncc(C(=O)NC(CS)C(=O)O)nc2c1. The smallest absolute Gasteiger partial charge is 0.327 e. The molecule has 132 valence electrons. The summed E-state index contributed by atoms with van der Waals surface area (Å²) in [6.45, 7) is 5.98. The van der Waals surface area contributed by atoms with E-state index in [1.54, 1.807) is 18.3 Å². The van der Waals surface area contributed by atoms with Gasteiger partial charge in [0.05, 0.1) is 22.8 Å². The van der Waals surface area contributed by atoms with Gasteiger partial charge in [-0.25, -0.2) is 9.78 Å². The van der Waals surface area contributed by atoms with Crippen LogP contribution in [0.1, 0.15) is 36.8 Å². The van der Waals surface area contributed by atoms with Crippen LogP contribution < -0.4 is 5.32 Å². The van der Waals surface area contributed by atoms with Gasteiger partial charge in [-0.3, -0.25) is 14.8 Å². The first-order valence-corrected chi connectivity index (χ1v) is 8.29. The van der Waals surface area contributed by atoms with Crippen molar-refractivity contribution in [3.63, 3.8) is 0 Å². The Kier molecular flexibility index (Phi) is 5.73. The summed E-state index contributed by atoms with van der Waals surface area (Å²) in [5, 5.41) is 11.4. The summed E-state index contributed by atoms with van der Waals surface area (Å²) in [5.41, 5.74) is 1.86. The molecule has 0 aliphatic rings. The Morgan fingerprint density at radius 2 is 2.08 bits per heavy atom. The number of aliphatic imine (C=N–C) groups is 1. The fourth-order valence-electron chi connectivity index (χ4n) is 1.90. The number of thiol groups is 1. The Hall–Kier alpha value is -2.48. The highest BCUT2D eigenvalue weighted by atomic mass is 32.1. The van der Waals surface area contributed by atoms with E-state index >= 15 is 0 Å². The van der Waals surface area contributed by atoms with E-state index in [-0.39, 0.29) is 17.0 Å². The maximum absolute atomic E-state index is 12.2. The molecule has 25 heavy (non-hydrogen) atoms. The summed E-state index contributed by atoms with van der Waals surface area (Å²) in [7, 11) is 0. The van der Waals surface area contributed by atoms with Crippen LogP contribution in [0.4, 0.5) is 0 Å². The summed E-state index contributed by atoms with van der Waals surface area (Å²) in [5.74, 6) is -1.78. The van der Waals surface area contributed by atoms with Crippen LogP contribution in [0.3, 0.4) is 0 Å². The molecule has 2 aromatic rings. The number of fused-ring (bicyclic) bond motifs is 1. The quantitative estimate of drug-likeness (QED) is 0.558. The minimum absolute atomic E-state index is 0.0184. The zero-order valence-electron chi connectivity index (χ0n) is 14.2. The van der Waals surface area contributed by atoms with Crippen molar-refractivity contribution in [1.29, 1.82) is 0 Å². The number of hydrogen-bond acceptors (Lipinski definition) is 6. The van der Waals surface area contributed by atoms with Crippen LogP contribution >= 0.6 is 12.6 Å². The molecule has 2 N–H and O–H groups in total. The van der Waals surface area contributed by atoms with Crippen molar-refractivity contribution < 1.29 is 14.7 Å². The van der Waals surface area contributed by atoms with Gasteiger partial charge in [-0.1, -0.05) is 6.07 Å². The molecule has 0 spiro atoms. The van der Waals surface area contributed by atoms with Gasteiger partial charge in [-0.05, 0) is 38.5 Å². The summed E-state index contributed by atoms with van der Waals surface area (Å²) in [6, 6.07) is 4.36. The number of benzene rings is 1. The van der Waals surface area contributed by atoms with Crippen molar-refractivity contribution in [1.82, 2.24) is 15.3 Å². The number of hydrogen-bond donors (Lipinski definition) is 3. The summed E-state index contributed by atoms with van der Waals surface area (Å²) < 4.78 is 0. The molecular formula is C17H20N4O3S. The van der Waals surface area contributed by atoms with E-state index in [1.165, 1.54) is 6.20 Å². The van der Waals surface area contributed by atoms with Crippen LogP contribution in [0.5, 0.6) is 0 Å². The molecule has 1 unspecified atom stereocenters. The highest BCUT2D eigenvalue weighted by Gasteiger charge is 2.20. The van der Waals surface area contributed by atoms with Gasteiger partial charge in [0.2, 0.25) is 0 Å². The molecule has 1 amide bonds. The second-order valence-corrected chi connectivity index (χ2v) is 6.84. The lowest BCUT2D eigenvalue weighted by Crippen LogP contribution is -2.42. The standard InChI is InChI=1S/C17H20N4O3S/c1-17(2,3)19-7-10-4-5-11-12(6-10)20-13(8-18-11)15(22)21-14(9-25)16(23)24/h4-8,14,25H,9H2,1-3H3,(H,21,22)(H,23,24)/b19-7-. The molecule has 0 saturated carbocycles. The molecule has 0 fully saturated rings.